The monoisotopic (exact) mass is 242 g/mol. The van der Waals surface area contributed by atoms with Crippen molar-refractivity contribution in [2.45, 2.75) is 0 Å². The number of fused-ring (bicyclic) bond motifs is 1. The molecule has 0 saturated carbocycles. The molecule has 0 amide bonds. The van der Waals surface area contributed by atoms with Gasteiger partial charge in [0, 0.05) is 5.39 Å². The van der Waals surface area contributed by atoms with E-state index in [9.17, 15) is 9.59 Å². The van der Waals surface area contributed by atoms with Crippen LogP contribution >= 0.6 is 22.7 Å². The summed E-state index contributed by atoms with van der Waals surface area (Å²) in [6.07, 6.45) is 0. The van der Waals surface area contributed by atoms with Crippen molar-refractivity contribution in [1.29, 1.82) is 0 Å². The van der Waals surface area contributed by atoms with Gasteiger partial charge in [-0.1, -0.05) is 0 Å². The van der Waals surface area contributed by atoms with E-state index in [1.54, 1.807) is 12.1 Å². The second-order valence-electron chi connectivity index (χ2n) is 2.76. The first-order valence-electron chi connectivity index (χ1n) is 3.97. The largest absolute Gasteiger partial charge is 0.477 e. The molecule has 0 aliphatic heterocycles. The maximum Gasteiger partial charge on any atom is 0.348 e. The van der Waals surface area contributed by atoms with Gasteiger partial charge in [-0.2, -0.15) is 0 Å². The van der Waals surface area contributed by atoms with E-state index >= 15 is 0 Å². The third-order valence-corrected chi connectivity index (χ3v) is 4.17. The summed E-state index contributed by atoms with van der Waals surface area (Å²) in [7, 11) is 1.32. The Labute approximate surface area is 92.7 Å². The smallest absolute Gasteiger partial charge is 0.348 e. The first-order chi connectivity index (χ1) is 7.11. The van der Waals surface area contributed by atoms with E-state index in [1.165, 1.54) is 29.8 Å². The molecule has 2 aromatic rings. The summed E-state index contributed by atoms with van der Waals surface area (Å²) in [6, 6.07) is 3.21. The van der Waals surface area contributed by atoms with Crippen molar-refractivity contribution in [2.75, 3.05) is 7.11 Å². The zero-order valence-corrected chi connectivity index (χ0v) is 9.28. The number of hydrogen-bond donors (Lipinski definition) is 1. The average Bonchev–Trinajstić information content (AvgIpc) is 2.72. The number of carboxylic acids is 1. The molecule has 0 atom stereocenters. The molecule has 0 unspecified atom stereocenters. The number of esters is 1. The van der Waals surface area contributed by atoms with Gasteiger partial charge in [-0.25, -0.2) is 9.59 Å². The second kappa shape index (κ2) is 3.63. The number of carbonyl (C=O) groups is 2. The summed E-state index contributed by atoms with van der Waals surface area (Å²) in [5.74, 6) is -1.33. The zero-order valence-electron chi connectivity index (χ0n) is 7.64. The molecule has 0 fully saturated rings. The lowest BCUT2D eigenvalue weighted by Crippen LogP contribution is -1.96. The normalized spacial score (nSPS) is 10.5. The molecule has 0 aliphatic rings. The van der Waals surface area contributed by atoms with Gasteiger partial charge in [0.05, 0.1) is 11.1 Å². The molecule has 0 spiro atoms. The molecular weight excluding hydrogens is 236 g/mol. The molecule has 4 nitrogen and oxygen atoms in total. The molecule has 2 aromatic heterocycles. The summed E-state index contributed by atoms with van der Waals surface area (Å²) in [5.41, 5.74) is 0. The number of hydrogen-bond acceptors (Lipinski definition) is 5. The third kappa shape index (κ3) is 1.73. The second-order valence-corrected chi connectivity index (χ2v) is 5.12. The molecule has 78 valence electrons. The Bertz CT molecular complexity index is 506. The fraction of sp³-hybridized carbons (Fsp3) is 0.111. The SMILES string of the molecule is COC(=O)c1cc2cc(C(=O)O)sc2s1. The highest BCUT2D eigenvalue weighted by atomic mass is 32.2. The van der Waals surface area contributed by atoms with Crippen LogP contribution in [-0.4, -0.2) is 24.2 Å². The van der Waals surface area contributed by atoms with Gasteiger partial charge in [-0.05, 0) is 12.1 Å². The summed E-state index contributed by atoms with van der Waals surface area (Å²) in [6.45, 7) is 0. The van der Waals surface area contributed by atoms with Crippen molar-refractivity contribution in [1.82, 2.24) is 0 Å². The van der Waals surface area contributed by atoms with Gasteiger partial charge in [-0.3, -0.25) is 0 Å². The third-order valence-electron chi connectivity index (χ3n) is 1.81. The predicted octanol–water partition coefficient (Wildman–Crippen LogP) is 2.45. The summed E-state index contributed by atoms with van der Waals surface area (Å²) in [4.78, 5) is 22.6. The molecule has 0 aliphatic carbocycles. The van der Waals surface area contributed by atoms with Gasteiger partial charge in [-0.15, -0.1) is 22.7 Å². The minimum atomic E-state index is -0.942. The molecule has 15 heavy (non-hydrogen) atoms. The van der Waals surface area contributed by atoms with Crippen LogP contribution in [0.4, 0.5) is 0 Å². The molecule has 2 heterocycles. The minimum Gasteiger partial charge on any atom is -0.477 e. The predicted molar refractivity (Wildman–Crippen MR) is 58.0 cm³/mol. The molecular formula is C9H6O4S2. The Balaban J connectivity index is 2.47. The van der Waals surface area contributed by atoms with Gasteiger partial charge in [0.15, 0.2) is 0 Å². The van der Waals surface area contributed by atoms with E-state index in [4.69, 9.17) is 5.11 Å². The Morgan fingerprint density at radius 3 is 2.40 bits per heavy atom. The van der Waals surface area contributed by atoms with Crippen LogP contribution in [0.5, 0.6) is 0 Å². The van der Waals surface area contributed by atoms with E-state index in [0.717, 1.165) is 9.40 Å². The molecule has 0 bridgehead atoms. The van der Waals surface area contributed by atoms with Crippen LogP contribution in [-0.2, 0) is 4.74 Å². The molecule has 1 N–H and O–H groups in total. The van der Waals surface area contributed by atoms with E-state index in [2.05, 4.69) is 4.74 Å². The van der Waals surface area contributed by atoms with E-state index < -0.39 is 5.97 Å². The number of rotatable bonds is 2. The van der Waals surface area contributed by atoms with Crippen molar-refractivity contribution in [3.63, 3.8) is 0 Å². The van der Waals surface area contributed by atoms with Crippen LogP contribution in [0.1, 0.15) is 19.3 Å². The van der Waals surface area contributed by atoms with Gasteiger partial charge >= 0.3 is 11.9 Å². The highest BCUT2D eigenvalue weighted by molar-refractivity contribution is 7.39. The lowest BCUT2D eigenvalue weighted by molar-refractivity contribution is 0.0605. The van der Waals surface area contributed by atoms with Crippen LogP contribution in [0, 0.1) is 0 Å². The van der Waals surface area contributed by atoms with Gasteiger partial charge in [0.2, 0.25) is 0 Å². The Kier molecular flexibility index (Phi) is 2.45. The average molecular weight is 242 g/mol. The van der Waals surface area contributed by atoms with Gasteiger partial charge in [0.25, 0.3) is 0 Å². The number of methoxy groups -OCH3 is 1. The minimum absolute atomic E-state index is 0.285. The van der Waals surface area contributed by atoms with Crippen molar-refractivity contribution in [3.05, 3.63) is 21.9 Å². The first kappa shape index (κ1) is 10.1. The zero-order chi connectivity index (χ0) is 11.0. The van der Waals surface area contributed by atoms with E-state index in [1.807, 2.05) is 0 Å². The fourth-order valence-electron chi connectivity index (χ4n) is 1.15. The van der Waals surface area contributed by atoms with Gasteiger partial charge in [0.1, 0.15) is 9.75 Å². The summed E-state index contributed by atoms with van der Waals surface area (Å²) < 4.78 is 5.40. The molecule has 0 saturated heterocycles. The first-order valence-corrected chi connectivity index (χ1v) is 5.60. The lowest BCUT2D eigenvalue weighted by Gasteiger charge is -1.91. The van der Waals surface area contributed by atoms with Crippen LogP contribution < -0.4 is 0 Å². The summed E-state index contributed by atoms with van der Waals surface area (Å²) in [5, 5.41) is 9.53. The number of carboxylic acid groups (broad SMARTS) is 1. The van der Waals surface area contributed by atoms with Crippen molar-refractivity contribution in [3.8, 4) is 0 Å². The Hall–Kier alpha value is -1.40. The maximum atomic E-state index is 11.2. The molecule has 6 heteroatoms. The Morgan fingerprint density at radius 2 is 1.87 bits per heavy atom. The van der Waals surface area contributed by atoms with Gasteiger partial charge < -0.3 is 9.84 Å². The van der Waals surface area contributed by atoms with Crippen LogP contribution in [0.25, 0.3) is 9.40 Å². The molecule has 0 aromatic carbocycles. The van der Waals surface area contributed by atoms with Crippen LogP contribution in [0.2, 0.25) is 0 Å². The number of ether oxygens (including phenoxy) is 1. The number of thiophene rings is 2. The van der Waals surface area contributed by atoms with E-state index in [0.29, 0.717) is 4.88 Å². The van der Waals surface area contributed by atoms with Crippen molar-refractivity contribution >= 4 is 44.0 Å². The number of aromatic carboxylic acids is 1. The summed E-state index contributed by atoms with van der Waals surface area (Å²) >= 11 is 2.41. The number of carbonyl (C=O) groups excluding carboxylic acids is 1. The van der Waals surface area contributed by atoms with Crippen molar-refractivity contribution < 1.29 is 19.4 Å². The highest BCUT2D eigenvalue weighted by Crippen LogP contribution is 2.33. The van der Waals surface area contributed by atoms with Crippen LogP contribution in [0.15, 0.2) is 12.1 Å². The fourth-order valence-corrected chi connectivity index (χ4v) is 3.35. The standard InChI is InChI=1S/C9H6O4S2/c1-13-8(12)6-3-4-2-5(7(10)11)14-9(4)15-6/h2-3H,1H3,(H,10,11). The maximum absolute atomic E-state index is 11.2. The highest BCUT2D eigenvalue weighted by Gasteiger charge is 2.15. The molecule has 0 radical (unpaired) electrons. The lowest BCUT2D eigenvalue weighted by atomic mass is 10.3. The quantitative estimate of drug-likeness (QED) is 0.821. The topological polar surface area (TPSA) is 63.6 Å². The van der Waals surface area contributed by atoms with E-state index in [-0.39, 0.29) is 10.8 Å². The van der Waals surface area contributed by atoms with Crippen LogP contribution in [0.3, 0.4) is 0 Å². The Morgan fingerprint density at radius 1 is 1.27 bits per heavy atom. The molecule has 2 rings (SSSR count). The van der Waals surface area contributed by atoms with Crippen molar-refractivity contribution in [2.24, 2.45) is 0 Å².